The Balaban J connectivity index is 2.72. The molecule has 2 atom stereocenters. The van der Waals surface area contributed by atoms with Crippen LogP contribution in [0.25, 0.3) is 6.08 Å². The zero-order chi connectivity index (χ0) is 17.8. The summed E-state index contributed by atoms with van der Waals surface area (Å²) in [5.41, 5.74) is -7.92. The quantitative estimate of drug-likeness (QED) is 0.804. The molecule has 1 aromatic rings. The molecule has 1 aliphatic carbocycles. The maximum absolute atomic E-state index is 13.1. The molecule has 0 saturated heterocycles. The minimum Gasteiger partial charge on any atom is -0.376 e. The molecule has 2 nitrogen and oxygen atoms in total. The highest BCUT2D eigenvalue weighted by Gasteiger charge is 2.55. The van der Waals surface area contributed by atoms with E-state index in [1.807, 2.05) is 0 Å². The molecule has 128 valence electrons. The summed E-state index contributed by atoms with van der Waals surface area (Å²) in [6.45, 7) is 0.935. The fourth-order valence-corrected chi connectivity index (χ4v) is 2.38. The van der Waals surface area contributed by atoms with Gasteiger partial charge in [0.05, 0.1) is 0 Å². The highest BCUT2D eigenvalue weighted by Crippen LogP contribution is 2.46. The Morgan fingerprint density at radius 1 is 0.870 bits per heavy atom. The second-order valence-electron chi connectivity index (χ2n) is 5.84. The van der Waals surface area contributed by atoms with Crippen molar-refractivity contribution in [2.75, 3.05) is 0 Å². The summed E-state index contributed by atoms with van der Waals surface area (Å²) < 4.78 is 78.2. The van der Waals surface area contributed by atoms with Gasteiger partial charge in [-0.1, -0.05) is 18.2 Å². The van der Waals surface area contributed by atoms with Gasteiger partial charge in [0.25, 0.3) is 0 Å². The van der Waals surface area contributed by atoms with Crippen LogP contribution in [0.1, 0.15) is 36.1 Å². The first-order valence-corrected chi connectivity index (χ1v) is 6.62. The van der Waals surface area contributed by atoms with E-state index in [9.17, 15) is 36.6 Å². The first kappa shape index (κ1) is 17.8. The van der Waals surface area contributed by atoms with Crippen LogP contribution in [0.4, 0.5) is 26.3 Å². The number of alkyl halides is 6. The van der Waals surface area contributed by atoms with Gasteiger partial charge in [-0.15, -0.1) is 0 Å². The van der Waals surface area contributed by atoms with Crippen molar-refractivity contribution in [3.8, 4) is 0 Å². The summed E-state index contributed by atoms with van der Waals surface area (Å²) in [6.07, 6.45) is -7.24. The van der Waals surface area contributed by atoms with E-state index in [-0.39, 0.29) is 17.5 Å². The minimum absolute atomic E-state index is 0.0223. The van der Waals surface area contributed by atoms with Crippen LogP contribution in [0.3, 0.4) is 0 Å². The van der Waals surface area contributed by atoms with Crippen LogP contribution in [0.5, 0.6) is 0 Å². The number of hydrogen-bond donors (Lipinski definition) is 2. The molecule has 0 saturated carbocycles. The number of hydrogen-bond acceptors (Lipinski definition) is 2. The van der Waals surface area contributed by atoms with Crippen molar-refractivity contribution in [3.05, 3.63) is 40.5 Å². The second-order valence-corrected chi connectivity index (χ2v) is 5.84. The highest BCUT2D eigenvalue weighted by molar-refractivity contribution is 5.66. The van der Waals surface area contributed by atoms with E-state index in [0.717, 1.165) is 6.07 Å². The molecular weight excluding hydrogens is 326 g/mol. The number of benzene rings is 1. The summed E-state index contributed by atoms with van der Waals surface area (Å²) in [6, 6.07) is 1.58. The lowest BCUT2D eigenvalue weighted by Crippen LogP contribution is -2.42. The Morgan fingerprint density at radius 2 is 1.39 bits per heavy atom. The fourth-order valence-electron chi connectivity index (χ4n) is 2.38. The Hall–Kier alpha value is -1.54. The predicted molar refractivity (Wildman–Crippen MR) is 70.4 cm³/mol. The van der Waals surface area contributed by atoms with E-state index in [4.69, 9.17) is 0 Å². The van der Waals surface area contributed by atoms with Gasteiger partial charge >= 0.3 is 12.4 Å². The zero-order valence-electron chi connectivity index (χ0n) is 12.2. The largest absolute Gasteiger partial charge is 0.421 e. The van der Waals surface area contributed by atoms with Crippen molar-refractivity contribution < 1.29 is 36.6 Å². The van der Waals surface area contributed by atoms with E-state index in [1.165, 1.54) is 12.2 Å². The van der Waals surface area contributed by atoms with Gasteiger partial charge in [0.1, 0.15) is 0 Å². The molecule has 0 fully saturated rings. The van der Waals surface area contributed by atoms with Crippen molar-refractivity contribution in [2.45, 2.75) is 43.8 Å². The number of rotatable bonds is 2. The van der Waals surface area contributed by atoms with Crippen molar-refractivity contribution in [1.82, 2.24) is 0 Å². The highest BCUT2D eigenvalue weighted by atomic mass is 19.4. The van der Waals surface area contributed by atoms with E-state index in [2.05, 4.69) is 0 Å². The van der Waals surface area contributed by atoms with Crippen molar-refractivity contribution in [1.29, 1.82) is 0 Å². The Labute approximate surface area is 128 Å². The van der Waals surface area contributed by atoms with Gasteiger partial charge in [0.2, 0.25) is 0 Å². The van der Waals surface area contributed by atoms with Gasteiger partial charge in [-0.3, -0.25) is 0 Å². The van der Waals surface area contributed by atoms with Gasteiger partial charge in [-0.25, -0.2) is 0 Å². The molecule has 0 radical (unpaired) electrons. The average molecular weight is 340 g/mol. The number of halogens is 6. The van der Waals surface area contributed by atoms with Gasteiger partial charge in [0, 0.05) is 5.56 Å². The molecule has 0 bridgehead atoms. The molecule has 2 unspecified atom stereocenters. The summed E-state index contributed by atoms with van der Waals surface area (Å²) in [5.74, 6) is 0. The molecule has 0 amide bonds. The van der Waals surface area contributed by atoms with Crippen LogP contribution in [-0.2, 0) is 17.6 Å². The van der Waals surface area contributed by atoms with Crippen LogP contribution in [0.15, 0.2) is 18.2 Å². The number of allylic oxidation sites excluding steroid dienone is 1. The summed E-state index contributed by atoms with van der Waals surface area (Å²) >= 11 is 0. The predicted octanol–water partition coefficient (Wildman–Crippen LogP) is 3.80. The molecule has 0 spiro atoms. The van der Waals surface area contributed by atoms with Crippen molar-refractivity contribution in [3.63, 3.8) is 0 Å². The normalized spacial score (nSPS) is 20.1. The summed E-state index contributed by atoms with van der Waals surface area (Å²) in [4.78, 5) is 0. The lowest BCUT2D eigenvalue weighted by Gasteiger charge is -2.32. The van der Waals surface area contributed by atoms with Crippen LogP contribution in [-0.4, -0.2) is 22.6 Å². The minimum atomic E-state index is -5.08. The van der Waals surface area contributed by atoms with Gasteiger partial charge in [-0.05, 0) is 43.0 Å². The van der Waals surface area contributed by atoms with E-state index < -0.39 is 34.7 Å². The second kappa shape index (κ2) is 4.98. The maximum atomic E-state index is 13.1. The van der Waals surface area contributed by atoms with Crippen molar-refractivity contribution >= 4 is 6.08 Å². The van der Waals surface area contributed by atoms with E-state index >= 15 is 0 Å². The zero-order valence-corrected chi connectivity index (χ0v) is 12.2. The standard InChI is InChI=1S/C15H14F6O2/c1-12(22,14(16,17)18)9-6-8-4-3-5-10(8)11(7-9)13(2,23)15(19,20)21/h3,5-7,22-23H,4H2,1-2H3. The van der Waals surface area contributed by atoms with E-state index in [0.29, 0.717) is 19.9 Å². The first-order valence-electron chi connectivity index (χ1n) is 6.62. The molecule has 23 heavy (non-hydrogen) atoms. The topological polar surface area (TPSA) is 40.5 Å². The fraction of sp³-hybridized carbons (Fsp3) is 0.467. The van der Waals surface area contributed by atoms with E-state index in [1.54, 1.807) is 0 Å². The maximum Gasteiger partial charge on any atom is 0.421 e. The van der Waals surface area contributed by atoms with Gasteiger partial charge < -0.3 is 10.2 Å². The van der Waals surface area contributed by atoms with Crippen LogP contribution >= 0.6 is 0 Å². The van der Waals surface area contributed by atoms with Crippen molar-refractivity contribution in [2.24, 2.45) is 0 Å². The molecule has 0 heterocycles. The molecule has 0 aliphatic heterocycles. The van der Waals surface area contributed by atoms with Gasteiger partial charge in [-0.2, -0.15) is 26.3 Å². The molecule has 0 aromatic heterocycles. The average Bonchev–Trinajstić information content (AvgIpc) is 2.82. The summed E-state index contributed by atoms with van der Waals surface area (Å²) in [5, 5.41) is 19.6. The molecule has 2 rings (SSSR count). The Kier molecular flexibility index (Phi) is 3.85. The molecular formula is C15H14F6O2. The van der Waals surface area contributed by atoms with Crippen LogP contribution < -0.4 is 0 Å². The number of fused-ring (bicyclic) bond motifs is 1. The first-order chi connectivity index (χ1) is 10.2. The third kappa shape index (κ3) is 2.74. The Bertz CT molecular complexity index is 653. The monoisotopic (exact) mass is 340 g/mol. The lowest BCUT2D eigenvalue weighted by molar-refractivity contribution is -0.261. The SMILES string of the molecule is CC(O)(c1cc2c(c(C(C)(O)C(F)(F)F)c1)C=CC2)C(F)(F)F. The smallest absolute Gasteiger partial charge is 0.376 e. The lowest BCUT2D eigenvalue weighted by atomic mass is 9.83. The molecule has 1 aliphatic rings. The third-order valence-corrected chi connectivity index (χ3v) is 4.08. The molecule has 2 N–H and O–H groups in total. The van der Waals surface area contributed by atoms with Crippen LogP contribution in [0.2, 0.25) is 0 Å². The third-order valence-electron chi connectivity index (χ3n) is 4.08. The number of aliphatic hydroxyl groups is 2. The Morgan fingerprint density at radius 3 is 1.87 bits per heavy atom. The van der Waals surface area contributed by atoms with Gasteiger partial charge in [0.15, 0.2) is 11.2 Å². The molecule has 8 heteroatoms. The summed E-state index contributed by atoms with van der Waals surface area (Å²) in [7, 11) is 0. The van der Waals surface area contributed by atoms with Crippen LogP contribution in [0, 0.1) is 0 Å². The molecule has 1 aromatic carbocycles.